The van der Waals surface area contributed by atoms with E-state index in [4.69, 9.17) is 0 Å². The second-order valence-corrected chi connectivity index (χ2v) is 7.10. The fraction of sp³-hybridized carbons (Fsp3) is 0.0870. The zero-order valence-corrected chi connectivity index (χ0v) is 15.4. The molecule has 4 nitrogen and oxygen atoms in total. The molecule has 0 fully saturated rings. The van der Waals surface area contributed by atoms with Crippen molar-refractivity contribution in [3.63, 3.8) is 0 Å². The number of anilines is 1. The summed E-state index contributed by atoms with van der Waals surface area (Å²) in [5, 5.41) is 10.7. The number of fused-ring (bicyclic) bond motifs is 2. The number of hydrogen-bond acceptors (Lipinski definition) is 3. The fourth-order valence-corrected chi connectivity index (χ4v) is 3.78. The molecule has 0 unspecified atom stereocenters. The number of aromatic nitrogens is 1. The van der Waals surface area contributed by atoms with Crippen LogP contribution in [0.1, 0.15) is 16.7 Å². The molecule has 5 rings (SSSR count). The number of hydrogen-bond donors (Lipinski definition) is 2. The van der Waals surface area contributed by atoms with E-state index >= 15 is 0 Å². The van der Waals surface area contributed by atoms with Crippen LogP contribution in [0.4, 0.5) is 20.2 Å². The van der Waals surface area contributed by atoms with Gasteiger partial charge in [0.25, 0.3) is 0 Å². The van der Waals surface area contributed by atoms with Crippen molar-refractivity contribution in [3.8, 4) is 5.88 Å². The Morgan fingerprint density at radius 1 is 0.966 bits per heavy atom. The first-order valence-corrected chi connectivity index (χ1v) is 9.24. The van der Waals surface area contributed by atoms with Crippen molar-refractivity contribution in [3.05, 3.63) is 89.0 Å². The van der Waals surface area contributed by atoms with Crippen molar-refractivity contribution in [1.82, 2.24) is 4.98 Å². The molecule has 0 atom stereocenters. The van der Waals surface area contributed by atoms with Crippen LogP contribution in [-0.2, 0) is 13.1 Å². The molecule has 1 aliphatic heterocycles. The Balaban J connectivity index is 1.41. The molecule has 0 amide bonds. The molecule has 4 aromatic rings. The maximum Gasteiger partial charge on any atom is 0.198 e. The summed E-state index contributed by atoms with van der Waals surface area (Å²) in [5.41, 5.74) is 4.28. The summed E-state index contributed by atoms with van der Waals surface area (Å²) < 4.78 is 28.1. The first kappa shape index (κ1) is 17.4. The molecule has 0 radical (unpaired) electrons. The van der Waals surface area contributed by atoms with Crippen LogP contribution in [0.25, 0.3) is 10.9 Å². The van der Waals surface area contributed by atoms with E-state index in [-0.39, 0.29) is 11.7 Å². The highest BCUT2D eigenvalue weighted by molar-refractivity contribution is 6.02. The molecule has 0 aliphatic carbocycles. The van der Waals surface area contributed by atoms with Gasteiger partial charge in [-0.3, -0.25) is 4.99 Å². The third-order valence-corrected chi connectivity index (χ3v) is 5.24. The first-order chi connectivity index (χ1) is 14.1. The first-order valence-electron chi connectivity index (χ1n) is 9.24. The van der Waals surface area contributed by atoms with Crippen LogP contribution in [0.3, 0.4) is 0 Å². The number of aliphatic imine (C=N–C) groups is 1. The lowest BCUT2D eigenvalue weighted by Gasteiger charge is -2.18. The third kappa shape index (κ3) is 3.12. The van der Waals surface area contributed by atoms with Crippen molar-refractivity contribution >= 4 is 28.5 Å². The summed E-state index contributed by atoms with van der Waals surface area (Å²) >= 11 is 0. The minimum atomic E-state index is -0.399. The van der Waals surface area contributed by atoms with Crippen LogP contribution in [0.2, 0.25) is 0 Å². The van der Waals surface area contributed by atoms with Crippen LogP contribution in [0.5, 0.6) is 5.88 Å². The minimum absolute atomic E-state index is 0.110. The number of rotatable bonds is 3. The molecule has 3 aromatic carbocycles. The molecule has 0 saturated heterocycles. The zero-order chi connectivity index (χ0) is 20.0. The molecule has 144 valence electrons. The van der Waals surface area contributed by atoms with Gasteiger partial charge in [-0.1, -0.05) is 24.3 Å². The number of nitrogens with zero attached hydrogens (tertiary/aromatic N) is 2. The third-order valence-electron chi connectivity index (χ3n) is 5.24. The molecular weight excluding hydrogens is 372 g/mol. The van der Waals surface area contributed by atoms with Crippen molar-refractivity contribution in [2.75, 3.05) is 4.90 Å². The lowest BCUT2D eigenvalue weighted by molar-refractivity contribution is 0.457. The molecule has 0 spiro atoms. The van der Waals surface area contributed by atoms with Gasteiger partial charge in [0.15, 0.2) is 5.88 Å². The maximum absolute atomic E-state index is 14.8. The highest BCUT2D eigenvalue weighted by Crippen LogP contribution is 2.32. The largest absolute Gasteiger partial charge is 0.494 e. The van der Waals surface area contributed by atoms with Crippen molar-refractivity contribution < 1.29 is 13.9 Å². The summed E-state index contributed by atoms with van der Waals surface area (Å²) in [6, 6.07) is 17.1. The van der Waals surface area contributed by atoms with E-state index in [0.717, 1.165) is 0 Å². The Hall–Kier alpha value is -3.67. The molecule has 2 N–H and O–H groups in total. The van der Waals surface area contributed by atoms with Gasteiger partial charge < -0.3 is 15.0 Å². The molecule has 0 bridgehead atoms. The summed E-state index contributed by atoms with van der Waals surface area (Å²) in [6.07, 6.45) is 1.45. The SMILES string of the molecule is Oc1[nH]c2cc(F)ccc2c1C=Nc1ccc(N2Cc3ccccc3C2)c(F)c1. The van der Waals surface area contributed by atoms with E-state index in [0.29, 0.717) is 40.9 Å². The average molecular weight is 389 g/mol. The predicted molar refractivity (Wildman–Crippen MR) is 110 cm³/mol. The van der Waals surface area contributed by atoms with Gasteiger partial charge in [-0.25, -0.2) is 8.78 Å². The van der Waals surface area contributed by atoms with E-state index in [9.17, 15) is 13.9 Å². The lowest BCUT2D eigenvalue weighted by atomic mass is 10.1. The summed E-state index contributed by atoms with van der Waals surface area (Å²) in [7, 11) is 0. The maximum atomic E-state index is 14.8. The van der Waals surface area contributed by atoms with Gasteiger partial charge >= 0.3 is 0 Å². The molecule has 0 saturated carbocycles. The van der Waals surface area contributed by atoms with Crippen molar-refractivity contribution in [2.24, 2.45) is 4.99 Å². The van der Waals surface area contributed by atoms with E-state index < -0.39 is 5.82 Å². The normalized spacial score (nSPS) is 13.5. The van der Waals surface area contributed by atoms with Gasteiger partial charge in [0, 0.05) is 30.8 Å². The topological polar surface area (TPSA) is 51.6 Å². The summed E-state index contributed by atoms with van der Waals surface area (Å²) in [6.45, 7) is 1.35. The Labute approximate surface area is 165 Å². The fourth-order valence-electron chi connectivity index (χ4n) is 3.78. The molecule has 1 aliphatic rings. The molecule has 1 aromatic heterocycles. The van der Waals surface area contributed by atoms with Gasteiger partial charge in [-0.2, -0.15) is 0 Å². The van der Waals surface area contributed by atoms with E-state index in [1.165, 1.54) is 35.5 Å². The number of nitrogens with one attached hydrogen (secondary N) is 1. The second-order valence-electron chi connectivity index (χ2n) is 7.10. The van der Waals surface area contributed by atoms with Gasteiger partial charge in [0.2, 0.25) is 0 Å². The second kappa shape index (κ2) is 6.74. The predicted octanol–water partition coefficient (Wildman–Crippen LogP) is 5.42. The summed E-state index contributed by atoms with van der Waals surface area (Å²) in [5.74, 6) is -0.858. The number of halogens is 2. The van der Waals surface area contributed by atoms with Crippen molar-refractivity contribution in [2.45, 2.75) is 13.1 Å². The van der Waals surface area contributed by atoms with E-state index in [1.807, 2.05) is 17.0 Å². The van der Waals surface area contributed by atoms with Crippen LogP contribution in [-0.4, -0.2) is 16.3 Å². The standard InChI is InChI=1S/C23H17F2N3O/c24-16-5-7-18-19(23(29)27-21(18)9-16)11-26-17-6-8-22(20(25)10-17)28-12-14-3-1-2-4-15(14)13-28/h1-11,27,29H,12-13H2. The van der Waals surface area contributed by atoms with Gasteiger partial charge in [-0.05, 0) is 41.5 Å². The minimum Gasteiger partial charge on any atom is -0.494 e. The van der Waals surface area contributed by atoms with Gasteiger partial charge in [0.05, 0.1) is 22.5 Å². The average Bonchev–Trinajstić information content (AvgIpc) is 3.26. The van der Waals surface area contributed by atoms with Crippen LogP contribution in [0, 0.1) is 11.6 Å². The highest BCUT2D eigenvalue weighted by atomic mass is 19.1. The Bertz CT molecular complexity index is 1240. The monoisotopic (exact) mass is 389 g/mol. The van der Waals surface area contributed by atoms with Crippen LogP contribution < -0.4 is 4.90 Å². The zero-order valence-electron chi connectivity index (χ0n) is 15.4. The van der Waals surface area contributed by atoms with Gasteiger partial charge in [0.1, 0.15) is 11.6 Å². The van der Waals surface area contributed by atoms with Crippen molar-refractivity contribution in [1.29, 1.82) is 0 Å². The summed E-state index contributed by atoms with van der Waals surface area (Å²) in [4.78, 5) is 9.00. The Morgan fingerprint density at radius 3 is 2.45 bits per heavy atom. The number of H-pyrrole nitrogens is 1. The number of benzene rings is 3. The Kier molecular flexibility index (Phi) is 4.05. The van der Waals surface area contributed by atoms with Gasteiger partial charge in [-0.15, -0.1) is 0 Å². The molecule has 2 heterocycles. The molecule has 29 heavy (non-hydrogen) atoms. The highest BCUT2D eigenvalue weighted by Gasteiger charge is 2.21. The molecular formula is C23H17F2N3O. The number of aromatic amines is 1. The van der Waals surface area contributed by atoms with E-state index in [1.54, 1.807) is 18.2 Å². The smallest absolute Gasteiger partial charge is 0.198 e. The van der Waals surface area contributed by atoms with Crippen LogP contribution >= 0.6 is 0 Å². The number of aromatic hydroxyl groups is 1. The van der Waals surface area contributed by atoms with Crippen LogP contribution in [0.15, 0.2) is 65.7 Å². The Morgan fingerprint density at radius 2 is 1.72 bits per heavy atom. The quantitative estimate of drug-likeness (QED) is 0.460. The lowest BCUT2D eigenvalue weighted by Crippen LogP contribution is -2.15. The van der Waals surface area contributed by atoms with E-state index in [2.05, 4.69) is 22.1 Å². The molecule has 6 heteroatoms.